The van der Waals surface area contributed by atoms with Crippen LogP contribution < -0.4 is 0 Å². The van der Waals surface area contributed by atoms with E-state index in [0.29, 0.717) is 18.5 Å². The van der Waals surface area contributed by atoms with E-state index in [0.717, 1.165) is 6.07 Å². The summed E-state index contributed by atoms with van der Waals surface area (Å²) in [4.78, 5) is 33.2. The van der Waals surface area contributed by atoms with Gasteiger partial charge >= 0.3 is 24.5 Å². The fourth-order valence-corrected chi connectivity index (χ4v) is 2.29. The highest BCUT2D eigenvalue weighted by Crippen LogP contribution is 2.32. The number of hydrogen-bond donors (Lipinski definition) is 1. The number of carbonyl (C=O) groups is 2. The maximum atomic E-state index is 13.3. The van der Waals surface area contributed by atoms with Crippen molar-refractivity contribution in [3.63, 3.8) is 0 Å². The van der Waals surface area contributed by atoms with Crippen molar-refractivity contribution in [3.05, 3.63) is 41.6 Å². The van der Waals surface area contributed by atoms with E-state index in [1.807, 2.05) is 0 Å². The van der Waals surface area contributed by atoms with Crippen LogP contribution in [0, 0.1) is 0 Å². The molecule has 32 heavy (non-hydrogen) atoms. The lowest BCUT2D eigenvalue weighted by Gasteiger charge is -2.24. The standard InChI is InChI=1S/C18H16F6N4O4/c1-16(2,3)32-15(31)28(14(29)30)8-9-4-11(27-12(5-9)17(19,20)21)10-6-25-13(26-7-10)18(22,23)24/h4-7H,8H2,1-3H3,(H,29,30). The second-order valence-electron chi connectivity index (χ2n) is 7.39. The average molecular weight is 466 g/mol. The van der Waals surface area contributed by atoms with Crippen LogP contribution in [0.15, 0.2) is 24.5 Å². The number of alkyl halides is 6. The van der Waals surface area contributed by atoms with Crippen molar-refractivity contribution in [1.82, 2.24) is 19.9 Å². The van der Waals surface area contributed by atoms with Crippen molar-refractivity contribution in [1.29, 1.82) is 0 Å². The third-order valence-electron chi connectivity index (χ3n) is 3.56. The number of ether oxygens (including phenoxy) is 1. The summed E-state index contributed by atoms with van der Waals surface area (Å²) < 4.78 is 82.7. The number of halogens is 6. The molecule has 0 aliphatic carbocycles. The second-order valence-corrected chi connectivity index (χ2v) is 7.39. The molecule has 174 valence electrons. The highest BCUT2D eigenvalue weighted by Gasteiger charge is 2.36. The zero-order valence-electron chi connectivity index (χ0n) is 16.7. The lowest BCUT2D eigenvalue weighted by molar-refractivity contribution is -0.145. The van der Waals surface area contributed by atoms with E-state index < -0.39 is 53.9 Å². The molecule has 0 saturated heterocycles. The van der Waals surface area contributed by atoms with Crippen molar-refractivity contribution in [2.75, 3.05) is 0 Å². The van der Waals surface area contributed by atoms with Gasteiger partial charge in [0, 0.05) is 18.0 Å². The van der Waals surface area contributed by atoms with Gasteiger partial charge in [0.1, 0.15) is 11.3 Å². The zero-order valence-corrected chi connectivity index (χ0v) is 16.7. The number of carboxylic acid groups (broad SMARTS) is 1. The van der Waals surface area contributed by atoms with E-state index in [2.05, 4.69) is 15.0 Å². The molecule has 0 radical (unpaired) electrons. The van der Waals surface area contributed by atoms with Gasteiger partial charge in [0.2, 0.25) is 5.82 Å². The summed E-state index contributed by atoms with van der Waals surface area (Å²) >= 11 is 0. The molecule has 2 aromatic heterocycles. The third-order valence-corrected chi connectivity index (χ3v) is 3.56. The summed E-state index contributed by atoms with van der Waals surface area (Å²) in [5.41, 5.74) is -3.62. The van der Waals surface area contributed by atoms with Crippen LogP contribution in [0.3, 0.4) is 0 Å². The smallest absolute Gasteiger partial charge is 0.451 e. The number of hydrogen-bond acceptors (Lipinski definition) is 6. The van der Waals surface area contributed by atoms with Crippen molar-refractivity contribution in [2.45, 2.75) is 45.3 Å². The van der Waals surface area contributed by atoms with E-state index in [4.69, 9.17) is 4.74 Å². The van der Waals surface area contributed by atoms with Crippen LogP contribution in [0.4, 0.5) is 35.9 Å². The molecular weight excluding hydrogens is 450 g/mol. The number of pyridine rings is 1. The van der Waals surface area contributed by atoms with Crippen LogP contribution in [-0.4, -0.2) is 42.7 Å². The van der Waals surface area contributed by atoms with Crippen LogP contribution in [0.5, 0.6) is 0 Å². The Morgan fingerprint density at radius 2 is 1.56 bits per heavy atom. The summed E-state index contributed by atoms with van der Waals surface area (Å²) in [7, 11) is 0. The summed E-state index contributed by atoms with van der Waals surface area (Å²) in [6, 6.07) is 1.48. The van der Waals surface area contributed by atoms with Gasteiger partial charge in [-0.25, -0.2) is 29.4 Å². The molecule has 14 heteroatoms. The first kappa shape index (κ1) is 24.8. The van der Waals surface area contributed by atoms with Gasteiger partial charge in [-0.3, -0.25) is 0 Å². The van der Waals surface area contributed by atoms with Gasteiger partial charge < -0.3 is 9.84 Å². The molecular formula is C18H16F6N4O4. The van der Waals surface area contributed by atoms with Crippen LogP contribution in [0.2, 0.25) is 0 Å². The molecule has 2 rings (SSSR count). The van der Waals surface area contributed by atoms with Crippen molar-refractivity contribution in [3.8, 4) is 11.3 Å². The number of carbonyl (C=O) groups excluding carboxylic acids is 1. The molecule has 0 bridgehead atoms. The number of imide groups is 1. The van der Waals surface area contributed by atoms with Gasteiger partial charge in [-0.15, -0.1) is 0 Å². The number of aromatic nitrogens is 3. The summed E-state index contributed by atoms with van der Waals surface area (Å²) in [6.45, 7) is 3.54. The maximum Gasteiger partial charge on any atom is 0.451 e. The van der Waals surface area contributed by atoms with Crippen LogP contribution >= 0.6 is 0 Å². The summed E-state index contributed by atoms with van der Waals surface area (Å²) in [5, 5.41) is 9.28. The van der Waals surface area contributed by atoms with E-state index in [1.54, 1.807) is 0 Å². The molecule has 8 nitrogen and oxygen atoms in total. The van der Waals surface area contributed by atoms with Gasteiger partial charge in [0.15, 0.2) is 0 Å². The SMILES string of the molecule is CC(C)(C)OC(=O)N(Cc1cc(-c2cnc(C(F)(F)F)nc2)nc(C(F)(F)F)c1)C(=O)O. The fraction of sp³-hybridized carbons (Fsp3) is 0.389. The molecule has 0 spiro atoms. The van der Waals surface area contributed by atoms with Crippen molar-refractivity contribution < 1.29 is 45.8 Å². The summed E-state index contributed by atoms with van der Waals surface area (Å²) in [6.07, 6.45) is -11.7. The van der Waals surface area contributed by atoms with E-state index in [-0.39, 0.29) is 16.0 Å². The minimum Gasteiger partial charge on any atom is -0.465 e. The molecule has 1 N–H and O–H groups in total. The van der Waals surface area contributed by atoms with Gasteiger partial charge in [-0.05, 0) is 38.5 Å². The molecule has 0 saturated carbocycles. The van der Waals surface area contributed by atoms with E-state index in [1.165, 1.54) is 20.8 Å². The first-order valence-corrected chi connectivity index (χ1v) is 8.68. The minimum absolute atomic E-state index is 0.147. The fourth-order valence-electron chi connectivity index (χ4n) is 2.29. The van der Waals surface area contributed by atoms with Gasteiger partial charge in [-0.2, -0.15) is 26.3 Å². The maximum absolute atomic E-state index is 13.3. The number of amides is 2. The Bertz CT molecular complexity index is 1000. The van der Waals surface area contributed by atoms with E-state index in [9.17, 15) is 41.0 Å². The Balaban J connectivity index is 2.49. The molecule has 0 aromatic carbocycles. The highest BCUT2D eigenvalue weighted by atomic mass is 19.4. The van der Waals surface area contributed by atoms with Crippen LogP contribution in [-0.2, 0) is 23.6 Å². The first-order chi connectivity index (χ1) is 14.5. The Morgan fingerprint density at radius 3 is 2.00 bits per heavy atom. The van der Waals surface area contributed by atoms with Gasteiger partial charge in [0.05, 0.1) is 12.2 Å². The Morgan fingerprint density at radius 1 is 1.00 bits per heavy atom. The largest absolute Gasteiger partial charge is 0.465 e. The lowest BCUT2D eigenvalue weighted by atomic mass is 10.1. The Hall–Kier alpha value is -3.45. The Labute approximate surface area is 176 Å². The molecule has 0 aliphatic rings. The number of nitrogens with zero attached hydrogens (tertiary/aromatic N) is 4. The molecule has 2 heterocycles. The minimum atomic E-state index is -4.97. The van der Waals surface area contributed by atoms with Crippen LogP contribution in [0.25, 0.3) is 11.3 Å². The van der Waals surface area contributed by atoms with Crippen LogP contribution in [0.1, 0.15) is 37.9 Å². The molecule has 2 aromatic rings. The van der Waals surface area contributed by atoms with Gasteiger partial charge in [-0.1, -0.05) is 0 Å². The third kappa shape index (κ3) is 6.52. The Kier molecular flexibility index (Phi) is 6.66. The predicted molar refractivity (Wildman–Crippen MR) is 95.1 cm³/mol. The monoisotopic (exact) mass is 466 g/mol. The van der Waals surface area contributed by atoms with Gasteiger partial charge in [0.25, 0.3) is 0 Å². The lowest BCUT2D eigenvalue weighted by Crippen LogP contribution is -2.39. The zero-order chi connectivity index (χ0) is 24.5. The van der Waals surface area contributed by atoms with Crippen molar-refractivity contribution in [2.24, 2.45) is 0 Å². The molecule has 0 unspecified atom stereocenters. The molecule has 0 fully saturated rings. The van der Waals surface area contributed by atoms with Crippen molar-refractivity contribution >= 4 is 12.2 Å². The first-order valence-electron chi connectivity index (χ1n) is 8.68. The predicted octanol–water partition coefficient (Wildman–Crippen LogP) is 4.99. The molecule has 0 aliphatic heterocycles. The topological polar surface area (TPSA) is 106 Å². The average Bonchev–Trinajstić information content (AvgIpc) is 2.63. The molecule has 2 amide bonds. The van der Waals surface area contributed by atoms with E-state index >= 15 is 0 Å². The normalized spacial score (nSPS) is 12.4. The quantitative estimate of drug-likeness (QED) is 0.636. The summed E-state index contributed by atoms with van der Waals surface area (Å²) in [5.74, 6) is -1.50. The second kappa shape index (κ2) is 8.59. The number of rotatable bonds is 3. The highest BCUT2D eigenvalue weighted by molar-refractivity contribution is 5.86. The molecule has 0 atom stereocenters.